The Hall–Kier alpha value is -3.09. The Balaban J connectivity index is 1.65. The van der Waals surface area contributed by atoms with E-state index < -0.39 is 5.92 Å². The molecule has 0 amide bonds. The van der Waals surface area contributed by atoms with E-state index in [1.807, 2.05) is 24.3 Å². The summed E-state index contributed by atoms with van der Waals surface area (Å²) in [7, 11) is 1.62. The van der Waals surface area contributed by atoms with Crippen molar-refractivity contribution in [1.82, 2.24) is 9.97 Å². The van der Waals surface area contributed by atoms with Gasteiger partial charge in [0, 0.05) is 36.7 Å². The number of hydrogen-bond acceptors (Lipinski definition) is 6. The van der Waals surface area contributed by atoms with Crippen molar-refractivity contribution < 1.29 is 9.53 Å². The van der Waals surface area contributed by atoms with Crippen LogP contribution < -0.4 is 20.5 Å². The van der Waals surface area contributed by atoms with Crippen LogP contribution in [0.5, 0.6) is 5.75 Å². The van der Waals surface area contributed by atoms with E-state index in [-0.39, 0.29) is 11.3 Å². The number of fused-ring (bicyclic) bond motifs is 1. The summed E-state index contributed by atoms with van der Waals surface area (Å²) in [5, 5.41) is 3.35. The third kappa shape index (κ3) is 3.18. The molecule has 0 radical (unpaired) electrons. The molecule has 7 nitrogen and oxygen atoms in total. The first kappa shape index (κ1) is 18.9. The monoisotopic (exact) mass is 406 g/mol. The number of aromatic nitrogens is 2. The predicted molar refractivity (Wildman–Crippen MR) is 115 cm³/mol. The van der Waals surface area contributed by atoms with Crippen molar-refractivity contribution in [3.05, 3.63) is 57.0 Å². The van der Waals surface area contributed by atoms with Crippen molar-refractivity contribution in [1.29, 1.82) is 0 Å². The summed E-state index contributed by atoms with van der Waals surface area (Å²) in [5.74, 6) is 1.63. The summed E-state index contributed by atoms with van der Waals surface area (Å²) in [6.07, 6.45) is 5.54. The number of aromatic amines is 1. The predicted octanol–water partition coefficient (Wildman–Crippen LogP) is 3.33. The summed E-state index contributed by atoms with van der Waals surface area (Å²) in [6.45, 7) is 1.80. The van der Waals surface area contributed by atoms with Crippen molar-refractivity contribution in [3.63, 3.8) is 0 Å². The lowest BCUT2D eigenvalue weighted by atomic mass is 9.76. The van der Waals surface area contributed by atoms with Crippen LogP contribution in [0, 0.1) is 0 Å². The zero-order chi connectivity index (χ0) is 20.7. The van der Waals surface area contributed by atoms with Gasteiger partial charge in [-0.3, -0.25) is 14.6 Å². The van der Waals surface area contributed by atoms with E-state index in [1.165, 1.54) is 6.42 Å². The number of carbonyl (C=O) groups excluding carboxylic acids is 1. The minimum Gasteiger partial charge on any atom is -0.497 e. The molecule has 2 aliphatic heterocycles. The fourth-order valence-corrected chi connectivity index (χ4v) is 4.83. The Morgan fingerprint density at radius 3 is 2.53 bits per heavy atom. The molecule has 5 rings (SSSR count). The van der Waals surface area contributed by atoms with E-state index >= 15 is 0 Å². The lowest BCUT2D eigenvalue weighted by Crippen LogP contribution is -2.36. The fourth-order valence-electron chi connectivity index (χ4n) is 4.83. The maximum atomic E-state index is 13.3. The van der Waals surface area contributed by atoms with Gasteiger partial charge in [-0.05, 0) is 49.8 Å². The van der Waals surface area contributed by atoms with Gasteiger partial charge in [-0.15, -0.1) is 0 Å². The average Bonchev–Trinajstić information content (AvgIpc) is 2.78. The molecule has 0 saturated carbocycles. The first-order chi connectivity index (χ1) is 14.7. The van der Waals surface area contributed by atoms with Crippen LogP contribution in [0.15, 0.2) is 40.3 Å². The molecule has 1 aromatic carbocycles. The highest BCUT2D eigenvalue weighted by atomic mass is 16.5. The van der Waals surface area contributed by atoms with Crippen molar-refractivity contribution in [3.8, 4) is 5.75 Å². The molecule has 2 N–H and O–H groups in total. The number of benzene rings is 1. The zero-order valence-electron chi connectivity index (χ0n) is 17.2. The highest BCUT2D eigenvalue weighted by Gasteiger charge is 2.38. The molecule has 156 valence electrons. The Bertz CT molecular complexity index is 1060. The van der Waals surface area contributed by atoms with Crippen molar-refractivity contribution >= 4 is 17.5 Å². The molecule has 1 fully saturated rings. The van der Waals surface area contributed by atoms with E-state index in [0.29, 0.717) is 29.3 Å². The Morgan fingerprint density at radius 1 is 1.03 bits per heavy atom. The van der Waals surface area contributed by atoms with Crippen LogP contribution in [0.2, 0.25) is 0 Å². The second kappa shape index (κ2) is 7.63. The summed E-state index contributed by atoms with van der Waals surface area (Å²) < 4.78 is 5.28. The smallest absolute Gasteiger partial charge is 0.258 e. The van der Waals surface area contributed by atoms with Crippen LogP contribution >= 0.6 is 0 Å². The molecular formula is C23H26N4O3. The van der Waals surface area contributed by atoms with Gasteiger partial charge in [-0.1, -0.05) is 12.1 Å². The largest absolute Gasteiger partial charge is 0.497 e. The molecule has 1 aliphatic carbocycles. The molecule has 0 unspecified atom stereocenters. The van der Waals surface area contributed by atoms with Gasteiger partial charge in [0.15, 0.2) is 5.78 Å². The highest BCUT2D eigenvalue weighted by Crippen LogP contribution is 2.43. The van der Waals surface area contributed by atoms with E-state index in [4.69, 9.17) is 9.72 Å². The number of allylic oxidation sites excluding steroid dienone is 2. The number of piperidine rings is 1. The SMILES string of the molecule is COc1ccc([C@@H]2C3=C(CCCC3=O)Nc3nc(N4CCCCC4)[nH]c(=O)c32)cc1. The van der Waals surface area contributed by atoms with Crippen LogP contribution in [-0.4, -0.2) is 36.0 Å². The maximum Gasteiger partial charge on any atom is 0.258 e. The van der Waals surface area contributed by atoms with Crippen LogP contribution in [-0.2, 0) is 4.79 Å². The van der Waals surface area contributed by atoms with Gasteiger partial charge in [0.05, 0.1) is 12.7 Å². The van der Waals surface area contributed by atoms with Gasteiger partial charge in [0.1, 0.15) is 11.6 Å². The number of nitrogens with zero attached hydrogens (tertiary/aromatic N) is 2. The zero-order valence-corrected chi connectivity index (χ0v) is 17.2. The van der Waals surface area contributed by atoms with Gasteiger partial charge in [-0.25, -0.2) is 0 Å². The fraction of sp³-hybridized carbons (Fsp3) is 0.435. The number of rotatable bonds is 3. The number of H-pyrrole nitrogens is 1. The molecule has 1 saturated heterocycles. The van der Waals surface area contributed by atoms with Crippen LogP contribution in [0.3, 0.4) is 0 Å². The number of ether oxygens (including phenoxy) is 1. The Morgan fingerprint density at radius 2 is 1.80 bits per heavy atom. The van der Waals surface area contributed by atoms with Crippen LogP contribution in [0.25, 0.3) is 0 Å². The van der Waals surface area contributed by atoms with Gasteiger partial charge in [0.25, 0.3) is 5.56 Å². The number of ketones is 1. The maximum absolute atomic E-state index is 13.3. The van der Waals surface area contributed by atoms with Gasteiger partial charge >= 0.3 is 0 Å². The molecule has 1 aromatic heterocycles. The molecule has 0 bridgehead atoms. The first-order valence-electron chi connectivity index (χ1n) is 10.7. The standard InChI is InChI=1S/C23H26N4O3/c1-30-15-10-8-14(9-11-15)18-19-16(6-5-7-17(19)28)24-21-20(18)22(29)26-23(25-21)27-12-3-2-4-13-27/h8-11,18H,2-7,12-13H2,1H3,(H2,24,25,26,29)/t18-/m1/s1. The van der Waals surface area contributed by atoms with Gasteiger partial charge < -0.3 is 15.0 Å². The number of nitrogens with one attached hydrogen (secondary N) is 2. The minimum absolute atomic E-state index is 0.106. The van der Waals surface area contributed by atoms with E-state index in [9.17, 15) is 9.59 Å². The molecular weight excluding hydrogens is 380 g/mol. The summed E-state index contributed by atoms with van der Waals surface area (Å²) in [4.78, 5) is 36.2. The number of methoxy groups -OCH3 is 1. The number of anilines is 2. The van der Waals surface area contributed by atoms with Gasteiger partial charge in [0.2, 0.25) is 5.95 Å². The molecule has 2 aromatic rings. The second-order valence-corrected chi connectivity index (χ2v) is 8.20. The lowest BCUT2D eigenvalue weighted by molar-refractivity contribution is -0.116. The number of hydrogen-bond donors (Lipinski definition) is 2. The Kier molecular flexibility index (Phi) is 4.81. The van der Waals surface area contributed by atoms with Crippen LogP contribution in [0.4, 0.5) is 11.8 Å². The highest BCUT2D eigenvalue weighted by molar-refractivity contribution is 6.00. The molecule has 1 atom stereocenters. The quantitative estimate of drug-likeness (QED) is 0.813. The average molecular weight is 406 g/mol. The van der Waals surface area contributed by atoms with Gasteiger partial charge in [-0.2, -0.15) is 4.98 Å². The van der Waals surface area contributed by atoms with Crippen molar-refractivity contribution in [2.45, 2.75) is 44.4 Å². The molecule has 3 heterocycles. The summed E-state index contributed by atoms with van der Waals surface area (Å²) in [5.41, 5.74) is 2.85. The minimum atomic E-state index is -0.415. The molecule has 3 aliphatic rings. The molecule has 0 spiro atoms. The third-order valence-corrected chi connectivity index (χ3v) is 6.35. The summed E-state index contributed by atoms with van der Waals surface area (Å²) in [6, 6.07) is 7.61. The topological polar surface area (TPSA) is 87.3 Å². The number of carbonyl (C=O) groups is 1. The first-order valence-corrected chi connectivity index (χ1v) is 10.7. The number of Topliss-reactive ketones (excluding diaryl/α,β-unsaturated/α-hetero) is 1. The molecule has 7 heteroatoms. The van der Waals surface area contributed by atoms with E-state index in [2.05, 4.69) is 15.2 Å². The third-order valence-electron chi connectivity index (χ3n) is 6.35. The van der Waals surface area contributed by atoms with E-state index in [0.717, 1.165) is 55.8 Å². The normalized spacial score (nSPS) is 21.0. The molecule has 30 heavy (non-hydrogen) atoms. The van der Waals surface area contributed by atoms with Crippen molar-refractivity contribution in [2.24, 2.45) is 0 Å². The second-order valence-electron chi connectivity index (χ2n) is 8.20. The van der Waals surface area contributed by atoms with E-state index in [1.54, 1.807) is 7.11 Å². The van der Waals surface area contributed by atoms with Crippen LogP contribution in [0.1, 0.15) is 55.6 Å². The lowest BCUT2D eigenvalue weighted by Gasteiger charge is -2.34. The van der Waals surface area contributed by atoms with Crippen molar-refractivity contribution in [2.75, 3.05) is 30.4 Å². The Labute approximate surface area is 175 Å². The summed E-state index contributed by atoms with van der Waals surface area (Å²) >= 11 is 0.